The van der Waals surface area contributed by atoms with E-state index in [-0.39, 0.29) is 17.1 Å². The predicted octanol–water partition coefficient (Wildman–Crippen LogP) is 3.22. The number of rotatable bonds is 5. The van der Waals surface area contributed by atoms with Crippen molar-refractivity contribution in [2.75, 3.05) is 0 Å². The lowest BCUT2D eigenvalue weighted by Gasteiger charge is -2.04. The maximum atomic E-state index is 13.3. The van der Waals surface area contributed by atoms with Gasteiger partial charge in [-0.1, -0.05) is 11.3 Å². The standard InChI is InChI=1S/C12H10F2N2O2S/c13-9-1-3-11(14)8(5-9)6-15-7-10-2-4-12(19-10)16(17)18/h1-5,15H,6-7H2. The van der Waals surface area contributed by atoms with Gasteiger partial charge < -0.3 is 5.32 Å². The van der Waals surface area contributed by atoms with Crippen molar-refractivity contribution < 1.29 is 13.7 Å². The molecule has 0 aliphatic rings. The number of hydrogen-bond acceptors (Lipinski definition) is 4. The van der Waals surface area contributed by atoms with Gasteiger partial charge in [0.1, 0.15) is 11.6 Å². The molecule has 4 nitrogen and oxygen atoms in total. The third kappa shape index (κ3) is 3.55. The van der Waals surface area contributed by atoms with E-state index in [9.17, 15) is 18.9 Å². The number of hydrogen-bond donors (Lipinski definition) is 1. The SMILES string of the molecule is O=[N+]([O-])c1ccc(CNCc2cc(F)ccc2F)s1. The van der Waals surface area contributed by atoms with E-state index in [0.717, 1.165) is 34.4 Å². The first-order valence-corrected chi connectivity index (χ1v) is 6.25. The molecule has 0 aliphatic heterocycles. The lowest BCUT2D eigenvalue weighted by atomic mass is 10.2. The second-order valence-corrected chi connectivity index (χ2v) is 4.98. The zero-order valence-corrected chi connectivity index (χ0v) is 10.5. The van der Waals surface area contributed by atoms with Crippen LogP contribution in [0.1, 0.15) is 10.4 Å². The second kappa shape index (κ2) is 5.85. The van der Waals surface area contributed by atoms with Crippen LogP contribution in [0.25, 0.3) is 0 Å². The van der Waals surface area contributed by atoms with Crippen LogP contribution in [0.5, 0.6) is 0 Å². The fourth-order valence-corrected chi connectivity index (χ4v) is 2.35. The summed E-state index contributed by atoms with van der Waals surface area (Å²) >= 11 is 1.05. The van der Waals surface area contributed by atoms with E-state index in [1.54, 1.807) is 6.07 Å². The van der Waals surface area contributed by atoms with E-state index < -0.39 is 16.6 Å². The molecule has 0 amide bonds. The number of halogens is 2. The van der Waals surface area contributed by atoms with Crippen molar-refractivity contribution in [3.63, 3.8) is 0 Å². The second-order valence-electron chi connectivity index (χ2n) is 3.84. The first-order chi connectivity index (χ1) is 9.06. The monoisotopic (exact) mass is 284 g/mol. The molecule has 0 saturated heterocycles. The number of nitro groups is 1. The van der Waals surface area contributed by atoms with Gasteiger partial charge in [-0.2, -0.15) is 0 Å². The van der Waals surface area contributed by atoms with Crippen LogP contribution in [0.15, 0.2) is 30.3 Å². The molecule has 2 aromatic rings. The molecule has 1 aromatic carbocycles. The van der Waals surface area contributed by atoms with E-state index >= 15 is 0 Å². The van der Waals surface area contributed by atoms with Crippen molar-refractivity contribution in [1.29, 1.82) is 0 Å². The molecule has 2 rings (SSSR count). The minimum absolute atomic E-state index is 0.0636. The molecule has 19 heavy (non-hydrogen) atoms. The van der Waals surface area contributed by atoms with Crippen molar-refractivity contribution >= 4 is 16.3 Å². The molecule has 1 N–H and O–H groups in total. The summed E-state index contributed by atoms with van der Waals surface area (Å²) in [6, 6.07) is 6.31. The first-order valence-electron chi connectivity index (χ1n) is 5.44. The minimum Gasteiger partial charge on any atom is -0.308 e. The maximum absolute atomic E-state index is 13.3. The first kappa shape index (κ1) is 13.6. The Labute approximate surface area is 111 Å². The van der Waals surface area contributed by atoms with Gasteiger partial charge in [0.15, 0.2) is 0 Å². The topological polar surface area (TPSA) is 55.2 Å². The summed E-state index contributed by atoms with van der Waals surface area (Å²) in [6.45, 7) is 0.531. The molecular formula is C12H10F2N2O2S. The van der Waals surface area contributed by atoms with Crippen LogP contribution in [-0.2, 0) is 13.1 Å². The highest BCUT2D eigenvalue weighted by molar-refractivity contribution is 7.15. The summed E-state index contributed by atoms with van der Waals surface area (Å²) in [6.07, 6.45) is 0. The van der Waals surface area contributed by atoms with Crippen molar-refractivity contribution in [3.8, 4) is 0 Å². The van der Waals surface area contributed by atoms with E-state index in [0.29, 0.717) is 6.54 Å². The number of benzene rings is 1. The van der Waals surface area contributed by atoms with Crippen LogP contribution in [0.3, 0.4) is 0 Å². The lowest BCUT2D eigenvalue weighted by molar-refractivity contribution is -0.380. The normalized spacial score (nSPS) is 10.6. The van der Waals surface area contributed by atoms with Crippen LogP contribution in [-0.4, -0.2) is 4.92 Å². The highest BCUT2D eigenvalue weighted by Gasteiger charge is 2.09. The van der Waals surface area contributed by atoms with Gasteiger partial charge in [-0.05, 0) is 24.3 Å². The lowest BCUT2D eigenvalue weighted by Crippen LogP contribution is -2.13. The molecule has 0 unspecified atom stereocenters. The fourth-order valence-electron chi connectivity index (χ4n) is 1.56. The Bertz CT molecular complexity index is 601. The minimum atomic E-state index is -0.495. The van der Waals surface area contributed by atoms with Crippen LogP contribution in [0, 0.1) is 21.7 Å². The molecule has 1 heterocycles. The maximum Gasteiger partial charge on any atom is 0.324 e. The van der Waals surface area contributed by atoms with Crippen LogP contribution in [0.2, 0.25) is 0 Å². The average Bonchev–Trinajstić information content (AvgIpc) is 2.82. The fraction of sp³-hybridized carbons (Fsp3) is 0.167. The number of nitrogens with zero attached hydrogens (tertiary/aromatic N) is 1. The third-order valence-electron chi connectivity index (χ3n) is 2.45. The number of nitrogens with one attached hydrogen (secondary N) is 1. The Hall–Kier alpha value is -1.86. The largest absolute Gasteiger partial charge is 0.324 e. The molecule has 0 aliphatic carbocycles. The van der Waals surface area contributed by atoms with Gasteiger partial charge in [0.05, 0.1) is 4.92 Å². The molecular weight excluding hydrogens is 274 g/mol. The van der Waals surface area contributed by atoms with Crippen LogP contribution >= 0.6 is 11.3 Å². The zero-order valence-electron chi connectivity index (χ0n) is 9.73. The van der Waals surface area contributed by atoms with Crippen molar-refractivity contribution in [3.05, 3.63) is 62.5 Å². The number of thiophene rings is 1. The average molecular weight is 284 g/mol. The molecule has 0 bridgehead atoms. The predicted molar refractivity (Wildman–Crippen MR) is 67.9 cm³/mol. The third-order valence-corrected chi connectivity index (χ3v) is 3.49. The molecule has 1 aromatic heterocycles. The van der Waals surface area contributed by atoms with Crippen molar-refractivity contribution in [2.45, 2.75) is 13.1 Å². The van der Waals surface area contributed by atoms with Gasteiger partial charge in [0, 0.05) is 29.6 Å². The quantitative estimate of drug-likeness (QED) is 0.677. The smallest absolute Gasteiger partial charge is 0.308 e. The van der Waals surface area contributed by atoms with Gasteiger partial charge in [-0.25, -0.2) is 8.78 Å². The summed E-state index contributed by atoms with van der Waals surface area (Å²) in [5.41, 5.74) is 0.228. The molecule has 0 fully saturated rings. The van der Waals surface area contributed by atoms with Gasteiger partial charge >= 0.3 is 5.00 Å². The Balaban J connectivity index is 1.92. The molecule has 0 atom stereocenters. The summed E-state index contributed by atoms with van der Waals surface area (Å²) in [7, 11) is 0. The summed E-state index contributed by atoms with van der Waals surface area (Å²) in [5.74, 6) is -0.976. The van der Waals surface area contributed by atoms with E-state index in [4.69, 9.17) is 0 Å². The zero-order chi connectivity index (χ0) is 13.8. The molecule has 0 radical (unpaired) electrons. The Morgan fingerprint density at radius 1 is 1.21 bits per heavy atom. The van der Waals surface area contributed by atoms with Gasteiger partial charge in [-0.15, -0.1) is 0 Å². The molecule has 7 heteroatoms. The van der Waals surface area contributed by atoms with Crippen LogP contribution < -0.4 is 5.32 Å². The van der Waals surface area contributed by atoms with Crippen LogP contribution in [0.4, 0.5) is 13.8 Å². The highest BCUT2D eigenvalue weighted by Crippen LogP contribution is 2.23. The van der Waals surface area contributed by atoms with Gasteiger partial charge in [0.25, 0.3) is 0 Å². The highest BCUT2D eigenvalue weighted by atomic mass is 32.1. The van der Waals surface area contributed by atoms with Crippen molar-refractivity contribution in [2.24, 2.45) is 0 Å². The Kier molecular flexibility index (Phi) is 4.18. The summed E-state index contributed by atoms with van der Waals surface area (Å²) in [4.78, 5) is 10.8. The summed E-state index contributed by atoms with van der Waals surface area (Å²) in [5, 5.41) is 13.5. The Morgan fingerprint density at radius 3 is 2.68 bits per heavy atom. The van der Waals surface area contributed by atoms with E-state index in [1.165, 1.54) is 6.07 Å². The van der Waals surface area contributed by atoms with E-state index in [2.05, 4.69) is 5.32 Å². The van der Waals surface area contributed by atoms with E-state index in [1.807, 2.05) is 0 Å². The molecule has 0 saturated carbocycles. The van der Waals surface area contributed by atoms with Crippen molar-refractivity contribution in [1.82, 2.24) is 5.32 Å². The van der Waals surface area contributed by atoms with Gasteiger partial charge in [0.2, 0.25) is 0 Å². The molecule has 0 spiro atoms. The molecule has 100 valence electrons. The van der Waals surface area contributed by atoms with Gasteiger partial charge in [-0.3, -0.25) is 10.1 Å². The Morgan fingerprint density at radius 2 is 2.00 bits per heavy atom. The summed E-state index contributed by atoms with van der Waals surface area (Å²) < 4.78 is 26.2.